The predicted octanol–water partition coefficient (Wildman–Crippen LogP) is 4.08. The molecular formula is C21H20ClN3O3. The molecule has 1 aliphatic carbocycles. The van der Waals surface area contributed by atoms with Gasteiger partial charge in [-0.1, -0.05) is 23.7 Å². The standard InChI is InChI=1S/C21H20ClN3O3/c22-14-8-4-9-15-17(14)20(26)24-11-5-10-16(24)19-18(23-12-25(15)19)21(27)28-13-6-2-1-3-7-13/h2,4,6,8-9,12-13,16H,1,3,5,7,10-11H2/t13-,16-/m1/s1. The zero-order chi connectivity index (χ0) is 19.3. The summed E-state index contributed by atoms with van der Waals surface area (Å²) in [6.07, 6.45) is 9.89. The van der Waals surface area contributed by atoms with Crippen molar-refractivity contribution in [3.63, 3.8) is 0 Å². The summed E-state index contributed by atoms with van der Waals surface area (Å²) in [7, 11) is 0. The van der Waals surface area contributed by atoms with E-state index in [0.717, 1.165) is 37.8 Å². The number of benzene rings is 1. The summed E-state index contributed by atoms with van der Waals surface area (Å²) in [4.78, 5) is 32.3. The van der Waals surface area contributed by atoms with Crippen LogP contribution in [0.25, 0.3) is 5.69 Å². The second-order valence-corrected chi connectivity index (χ2v) is 7.85. The molecule has 1 aromatic heterocycles. The van der Waals surface area contributed by atoms with Crippen LogP contribution in [-0.2, 0) is 4.74 Å². The molecule has 0 unspecified atom stereocenters. The average molecular weight is 398 g/mol. The largest absolute Gasteiger partial charge is 0.453 e. The number of aromatic nitrogens is 2. The SMILES string of the molecule is O=C(O[C@@H]1C=CCCC1)c1ncn2c1[C@H]1CCCN1C(=O)c1c(Cl)cccc1-2. The number of hydrogen-bond donors (Lipinski definition) is 0. The van der Waals surface area contributed by atoms with Crippen LogP contribution in [0.4, 0.5) is 0 Å². The number of ether oxygens (including phenoxy) is 1. The number of imidazole rings is 1. The zero-order valence-electron chi connectivity index (χ0n) is 15.3. The summed E-state index contributed by atoms with van der Waals surface area (Å²) in [5.74, 6) is -0.531. The summed E-state index contributed by atoms with van der Waals surface area (Å²) >= 11 is 6.38. The fourth-order valence-electron chi connectivity index (χ4n) is 4.46. The summed E-state index contributed by atoms with van der Waals surface area (Å²) in [5.41, 5.74) is 2.13. The van der Waals surface area contributed by atoms with Gasteiger partial charge in [-0.05, 0) is 50.3 Å². The maximum absolute atomic E-state index is 13.2. The molecule has 1 aromatic carbocycles. The van der Waals surface area contributed by atoms with Gasteiger partial charge in [0.15, 0.2) is 5.69 Å². The lowest BCUT2D eigenvalue weighted by molar-refractivity contribution is 0.0358. The normalized spacial score (nSPS) is 23.0. The molecule has 0 N–H and O–H groups in total. The number of allylic oxidation sites excluding steroid dienone is 1. The molecule has 1 saturated heterocycles. The van der Waals surface area contributed by atoms with E-state index < -0.39 is 5.97 Å². The molecule has 3 heterocycles. The molecule has 0 spiro atoms. The fourth-order valence-corrected chi connectivity index (χ4v) is 4.71. The van der Waals surface area contributed by atoms with Gasteiger partial charge in [-0.25, -0.2) is 9.78 Å². The van der Waals surface area contributed by atoms with Crippen LogP contribution in [0.1, 0.15) is 64.7 Å². The Labute approximate surface area is 167 Å². The Bertz CT molecular complexity index is 997. The molecule has 2 atom stereocenters. The molecule has 0 radical (unpaired) electrons. The molecule has 1 fully saturated rings. The maximum atomic E-state index is 13.2. The van der Waals surface area contributed by atoms with Gasteiger partial charge >= 0.3 is 5.97 Å². The van der Waals surface area contributed by atoms with E-state index in [2.05, 4.69) is 4.98 Å². The van der Waals surface area contributed by atoms with E-state index in [1.165, 1.54) is 0 Å². The van der Waals surface area contributed by atoms with Crippen molar-refractivity contribution >= 4 is 23.5 Å². The van der Waals surface area contributed by atoms with E-state index in [-0.39, 0.29) is 23.7 Å². The van der Waals surface area contributed by atoms with Crippen LogP contribution in [0.5, 0.6) is 0 Å². The number of fused-ring (bicyclic) bond motifs is 5. The first-order valence-electron chi connectivity index (χ1n) is 9.70. The molecule has 2 aromatic rings. The minimum absolute atomic E-state index is 0.0960. The van der Waals surface area contributed by atoms with Crippen molar-refractivity contribution in [2.75, 3.05) is 6.54 Å². The third-order valence-corrected chi connectivity index (χ3v) is 6.08. The highest BCUT2D eigenvalue weighted by Gasteiger charge is 2.41. The lowest BCUT2D eigenvalue weighted by Crippen LogP contribution is -2.30. The molecule has 144 valence electrons. The monoisotopic (exact) mass is 397 g/mol. The summed E-state index contributed by atoms with van der Waals surface area (Å²) in [5, 5.41) is 0.408. The minimum Gasteiger partial charge on any atom is -0.453 e. The van der Waals surface area contributed by atoms with E-state index in [9.17, 15) is 9.59 Å². The van der Waals surface area contributed by atoms with E-state index in [0.29, 0.717) is 22.8 Å². The molecular weight excluding hydrogens is 378 g/mol. The Morgan fingerprint density at radius 3 is 2.96 bits per heavy atom. The first kappa shape index (κ1) is 17.5. The van der Waals surface area contributed by atoms with Crippen LogP contribution in [0.15, 0.2) is 36.7 Å². The second-order valence-electron chi connectivity index (χ2n) is 7.44. The minimum atomic E-state index is -0.435. The molecule has 5 rings (SSSR count). The predicted molar refractivity (Wildman–Crippen MR) is 104 cm³/mol. The molecule has 7 heteroatoms. The van der Waals surface area contributed by atoms with Gasteiger partial charge in [0.2, 0.25) is 0 Å². The lowest BCUT2D eigenvalue weighted by Gasteiger charge is -2.23. The Balaban J connectivity index is 1.62. The van der Waals surface area contributed by atoms with Crippen molar-refractivity contribution in [1.29, 1.82) is 0 Å². The third kappa shape index (κ3) is 2.66. The van der Waals surface area contributed by atoms with Crippen molar-refractivity contribution in [2.24, 2.45) is 0 Å². The Morgan fingerprint density at radius 2 is 2.14 bits per heavy atom. The van der Waals surface area contributed by atoms with Crippen LogP contribution in [0, 0.1) is 0 Å². The molecule has 2 aliphatic heterocycles. The number of carbonyl (C=O) groups excluding carboxylic acids is 2. The van der Waals surface area contributed by atoms with E-state index in [1.807, 2.05) is 27.7 Å². The zero-order valence-corrected chi connectivity index (χ0v) is 16.1. The van der Waals surface area contributed by atoms with Gasteiger partial charge in [-0.3, -0.25) is 9.36 Å². The number of amides is 1. The highest BCUT2D eigenvalue weighted by atomic mass is 35.5. The Morgan fingerprint density at radius 1 is 1.25 bits per heavy atom. The van der Waals surface area contributed by atoms with E-state index in [1.54, 1.807) is 18.5 Å². The number of nitrogens with zero attached hydrogens (tertiary/aromatic N) is 3. The van der Waals surface area contributed by atoms with Crippen LogP contribution in [0.2, 0.25) is 5.02 Å². The van der Waals surface area contributed by atoms with Crippen molar-refractivity contribution < 1.29 is 14.3 Å². The van der Waals surface area contributed by atoms with Crippen molar-refractivity contribution in [3.05, 3.63) is 58.7 Å². The number of esters is 1. The van der Waals surface area contributed by atoms with Gasteiger partial charge in [-0.15, -0.1) is 0 Å². The molecule has 6 nitrogen and oxygen atoms in total. The summed E-state index contributed by atoms with van der Waals surface area (Å²) in [6.45, 7) is 0.638. The highest BCUT2D eigenvalue weighted by molar-refractivity contribution is 6.34. The van der Waals surface area contributed by atoms with Gasteiger partial charge in [0.25, 0.3) is 5.91 Å². The first-order chi connectivity index (χ1) is 13.6. The van der Waals surface area contributed by atoms with Crippen molar-refractivity contribution in [1.82, 2.24) is 14.5 Å². The summed E-state index contributed by atoms with van der Waals surface area (Å²) in [6, 6.07) is 5.16. The van der Waals surface area contributed by atoms with Gasteiger partial charge < -0.3 is 9.64 Å². The Kier molecular flexibility index (Phi) is 4.23. The molecule has 1 amide bonds. The average Bonchev–Trinajstić information content (AvgIpc) is 3.33. The van der Waals surface area contributed by atoms with Gasteiger partial charge in [0.1, 0.15) is 12.4 Å². The highest BCUT2D eigenvalue weighted by Crippen LogP contribution is 2.41. The van der Waals surface area contributed by atoms with Gasteiger partial charge in [0, 0.05) is 6.54 Å². The molecule has 0 bridgehead atoms. The van der Waals surface area contributed by atoms with Crippen molar-refractivity contribution in [2.45, 2.75) is 44.2 Å². The fraction of sp³-hybridized carbons (Fsp3) is 0.381. The van der Waals surface area contributed by atoms with Gasteiger partial charge in [-0.2, -0.15) is 0 Å². The third-order valence-electron chi connectivity index (χ3n) is 5.76. The maximum Gasteiger partial charge on any atom is 0.359 e. The van der Waals surface area contributed by atoms with Crippen LogP contribution < -0.4 is 0 Å². The number of carbonyl (C=O) groups is 2. The molecule has 3 aliphatic rings. The van der Waals surface area contributed by atoms with E-state index in [4.69, 9.17) is 16.3 Å². The van der Waals surface area contributed by atoms with Gasteiger partial charge in [0.05, 0.1) is 28.0 Å². The summed E-state index contributed by atoms with van der Waals surface area (Å²) < 4.78 is 7.53. The Hall–Kier alpha value is -2.60. The number of rotatable bonds is 2. The molecule has 0 saturated carbocycles. The van der Waals surface area contributed by atoms with E-state index >= 15 is 0 Å². The van der Waals surface area contributed by atoms with Crippen LogP contribution >= 0.6 is 11.6 Å². The smallest absolute Gasteiger partial charge is 0.359 e. The first-order valence-corrected chi connectivity index (χ1v) is 10.1. The number of halogens is 1. The number of hydrogen-bond acceptors (Lipinski definition) is 4. The molecule has 28 heavy (non-hydrogen) atoms. The lowest BCUT2D eigenvalue weighted by atomic mass is 10.1. The topological polar surface area (TPSA) is 64.4 Å². The quantitative estimate of drug-likeness (QED) is 0.565. The van der Waals surface area contributed by atoms with Crippen LogP contribution in [-0.4, -0.2) is 39.0 Å². The van der Waals surface area contributed by atoms with Crippen LogP contribution in [0.3, 0.4) is 0 Å². The van der Waals surface area contributed by atoms with Crippen molar-refractivity contribution in [3.8, 4) is 5.69 Å². The second kappa shape index (κ2) is 6.78.